The van der Waals surface area contributed by atoms with Crippen LogP contribution in [0.5, 0.6) is 0 Å². The number of amides is 1. The third-order valence-electron chi connectivity index (χ3n) is 2.43. The monoisotopic (exact) mass is 291 g/mol. The molecule has 0 atom stereocenters. The summed E-state index contributed by atoms with van der Waals surface area (Å²) < 4.78 is 0. The van der Waals surface area contributed by atoms with Crippen molar-refractivity contribution in [1.82, 2.24) is 9.97 Å². The van der Waals surface area contributed by atoms with Gasteiger partial charge in [-0.15, -0.1) is 11.8 Å². The lowest BCUT2D eigenvalue weighted by atomic mass is 10.2. The van der Waals surface area contributed by atoms with Crippen LogP contribution >= 0.6 is 11.8 Å². The standard InChI is InChI=1S/C13H13N3O3S/c1-8-2-4-9(5-3-8)20-7-12(18)14-10-6-11(17)16-13(19)15-10/h2-6H,7H2,1H3,(H3,14,15,16,17,18,19). The molecule has 0 radical (unpaired) electrons. The average Bonchev–Trinajstić information content (AvgIpc) is 2.37. The van der Waals surface area contributed by atoms with Crippen molar-refractivity contribution < 1.29 is 4.79 Å². The summed E-state index contributed by atoms with van der Waals surface area (Å²) in [4.78, 5) is 39.2. The molecule has 0 aliphatic rings. The molecular weight excluding hydrogens is 278 g/mol. The third-order valence-corrected chi connectivity index (χ3v) is 3.44. The van der Waals surface area contributed by atoms with Gasteiger partial charge in [-0.25, -0.2) is 4.79 Å². The van der Waals surface area contributed by atoms with E-state index in [0.717, 1.165) is 16.5 Å². The van der Waals surface area contributed by atoms with Gasteiger partial charge in [-0.05, 0) is 19.1 Å². The predicted molar refractivity (Wildman–Crippen MR) is 78.2 cm³/mol. The summed E-state index contributed by atoms with van der Waals surface area (Å²) in [6, 6.07) is 8.92. The molecule has 0 aliphatic carbocycles. The van der Waals surface area contributed by atoms with Crippen LogP contribution in [0, 0.1) is 6.92 Å². The Kier molecular flexibility index (Phi) is 4.41. The van der Waals surface area contributed by atoms with Crippen molar-refractivity contribution in [2.75, 3.05) is 11.1 Å². The number of anilines is 1. The molecular formula is C13H13N3O3S. The molecule has 0 saturated heterocycles. The summed E-state index contributed by atoms with van der Waals surface area (Å²) in [5.74, 6) is -0.0113. The van der Waals surface area contributed by atoms with Gasteiger partial charge < -0.3 is 5.32 Å². The van der Waals surface area contributed by atoms with Gasteiger partial charge in [-0.1, -0.05) is 17.7 Å². The second-order valence-corrected chi connectivity index (χ2v) is 5.20. The summed E-state index contributed by atoms with van der Waals surface area (Å²) in [6.07, 6.45) is 0. The van der Waals surface area contributed by atoms with Gasteiger partial charge in [-0.3, -0.25) is 19.6 Å². The van der Waals surface area contributed by atoms with E-state index in [1.165, 1.54) is 11.8 Å². The minimum absolute atomic E-state index is 0.0910. The number of rotatable bonds is 4. The van der Waals surface area contributed by atoms with E-state index < -0.39 is 11.2 Å². The summed E-state index contributed by atoms with van der Waals surface area (Å²) in [7, 11) is 0. The zero-order valence-electron chi connectivity index (χ0n) is 10.7. The number of aromatic nitrogens is 2. The van der Waals surface area contributed by atoms with Crippen LogP contribution in [-0.2, 0) is 4.79 Å². The molecule has 7 heteroatoms. The van der Waals surface area contributed by atoms with Crippen molar-refractivity contribution in [3.63, 3.8) is 0 Å². The molecule has 0 unspecified atom stereocenters. The van der Waals surface area contributed by atoms with E-state index in [4.69, 9.17) is 0 Å². The molecule has 0 saturated carbocycles. The van der Waals surface area contributed by atoms with E-state index in [1.54, 1.807) is 0 Å². The number of thioether (sulfide) groups is 1. The Morgan fingerprint density at radius 2 is 1.90 bits per heavy atom. The second kappa shape index (κ2) is 6.25. The first-order valence-corrected chi connectivity index (χ1v) is 6.84. The lowest BCUT2D eigenvalue weighted by molar-refractivity contribution is -0.113. The minimum atomic E-state index is -0.654. The highest BCUT2D eigenvalue weighted by atomic mass is 32.2. The molecule has 0 fully saturated rings. The molecule has 2 aromatic rings. The zero-order valence-corrected chi connectivity index (χ0v) is 11.5. The Bertz CT molecular complexity index is 690. The van der Waals surface area contributed by atoms with Crippen LogP contribution in [0.1, 0.15) is 5.56 Å². The number of H-pyrrole nitrogens is 2. The van der Waals surface area contributed by atoms with Crippen molar-refractivity contribution in [2.45, 2.75) is 11.8 Å². The van der Waals surface area contributed by atoms with Crippen LogP contribution in [0.15, 0.2) is 44.8 Å². The predicted octanol–water partition coefficient (Wildman–Crippen LogP) is 1.10. The van der Waals surface area contributed by atoms with Gasteiger partial charge in [0.25, 0.3) is 5.56 Å². The first kappa shape index (κ1) is 14.1. The highest BCUT2D eigenvalue weighted by molar-refractivity contribution is 8.00. The van der Waals surface area contributed by atoms with Crippen molar-refractivity contribution in [1.29, 1.82) is 0 Å². The van der Waals surface area contributed by atoms with Gasteiger partial charge >= 0.3 is 5.69 Å². The number of hydrogen-bond donors (Lipinski definition) is 3. The van der Waals surface area contributed by atoms with Crippen LogP contribution in [0.4, 0.5) is 5.82 Å². The summed E-state index contributed by atoms with van der Waals surface area (Å²) in [5, 5.41) is 2.47. The molecule has 1 heterocycles. The van der Waals surface area contributed by atoms with Crippen LogP contribution in [0.3, 0.4) is 0 Å². The zero-order chi connectivity index (χ0) is 14.5. The summed E-state index contributed by atoms with van der Waals surface area (Å²) in [6.45, 7) is 1.99. The highest BCUT2D eigenvalue weighted by Gasteiger charge is 2.05. The van der Waals surface area contributed by atoms with Gasteiger partial charge in [-0.2, -0.15) is 0 Å². The molecule has 0 aliphatic heterocycles. The number of hydrogen-bond acceptors (Lipinski definition) is 4. The SMILES string of the molecule is Cc1ccc(SCC(=O)Nc2cc(=O)[nH]c(=O)[nH]2)cc1. The Morgan fingerprint density at radius 1 is 1.20 bits per heavy atom. The number of aromatic amines is 2. The number of carbonyl (C=O) groups is 1. The van der Waals surface area contributed by atoms with Gasteiger partial charge in [0.05, 0.1) is 5.75 Å². The van der Waals surface area contributed by atoms with Crippen LogP contribution in [0.2, 0.25) is 0 Å². The maximum absolute atomic E-state index is 11.7. The first-order valence-electron chi connectivity index (χ1n) is 5.86. The Labute approximate surface area is 118 Å². The molecule has 1 aromatic heterocycles. The average molecular weight is 291 g/mol. The van der Waals surface area contributed by atoms with Crippen molar-refractivity contribution >= 4 is 23.5 Å². The number of nitrogens with one attached hydrogen (secondary N) is 3. The van der Waals surface area contributed by atoms with E-state index >= 15 is 0 Å². The summed E-state index contributed by atoms with van der Waals surface area (Å²) in [5.41, 5.74) is -0.0610. The van der Waals surface area contributed by atoms with E-state index in [2.05, 4.69) is 10.3 Å². The van der Waals surface area contributed by atoms with Gasteiger partial charge in [0, 0.05) is 11.0 Å². The fraction of sp³-hybridized carbons (Fsp3) is 0.154. The smallest absolute Gasteiger partial charge is 0.311 e. The van der Waals surface area contributed by atoms with Crippen LogP contribution < -0.4 is 16.6 Å². The maximum Gasteiger partial charge on any atom is 0.327 e. The number of carbonyl (C=O) groups excluding carboxylic acids is 1. The normalized spacial score (nSPS) is 10.2. The molecule has 6 nitrogen and oxygen atoms in total. The molecule has 104 valence electrons. The van der Waals surface area contributed by atoms with E-state index in [-0.39, 0.29) is 17.5 Å². The third kappa shape index (κ3) is 4.13. The molecule has 1 aromatic carbocycles. The molecule has 0 bridgehead atoms. The molecule has 0 spiro atoms. The fourth-order valence-corrected chi connectivity index (χ4v) is 2.20. The van der Waals surface area contributed by atoms with Gasteiger partial charge in [0.2, 0.25) is 5.91 Å². The Hall–Kier alpha value is -2.28. The maximum atomic E-state index is 11.7. The van der Waals surface area contributed by atoms with E-state index in [9.17, 15) is 14.4 Å². The molecule has 20 heavy (non-hydrogen) atoms. The van der Waals surface area contributed by atoms with Crippen molar-refractivity contribution in [2.24, 2.45) is 0 Å². The minimum Gasteiger partial charge on any atom is -0.311 e. The Morgan fingerprint density at radius 3 is 2.55 bits per heavy atom. The molecule has 2 rings (SSSR count). The first-order chi connectivity index (χ1) is 9.52. The quantitative estimate of drug-likeness (QED) is 0.735. The summed E-state index contributed by atoms with van der Waals surface area (Å²) >= 11 is 1.37. The highest BCUT2D eigenvalue weighted by Crippen LogP contribution is 2.18. The van der Waals surface area contributed by atoms with Crippen molar-refractivity contribution in [3.8, 4) is 0 Å². The lowest BCUT2D eigenvalue weighted by Crippen LogP contribution is -2.25. The molecule has 3 N–H and O–H groups in total. The molecule has 1 amide bonds. The van der Waals surface area contributed by atoms with E-state index in [1.807, 2.05) is 36.2 Å². The van der Waals surface area contributed by atoms with Gasteiger partial charge in [0.1, 0.15) is 5.82 Å². The van der Waals surface area contributed by atoms with Crippen LogP contribution in [0.25, 0.3) is 0 Å². The number of aryl methyl sites for hydroxylation is 1. The topological polar surface area (TPSA) is 94.8 Å². The van der Waals surface area contributed by atoms with Crippen LogP contribution in [-0.4, -0.2) is 21.6 Å². The largest absolute Gasteiger partial charge is 0.327 e. The van der Waals surface area contributed by atoms with E-state index in [0.29, 0.717) is 0 Å². The number of benzene rings is 1. The van der Waals surface area contributed by atoms with Crippen molar-refractivity contribution in [3.05, 3.63) is 56.7 Å². The fourth-order valence-electron chi connectivity index (χ4n) is 1.51. The lowest BCUT2D eigenvalue weighted by Gasteiger charge is -2.04. The second-order valence-electron chi connectivity index (χ2n) is 4.15. The van der Waals surface area contributed by atoms with Gasteiger partial charge in [0.15, 0.2) is 0 Å². The Balaban J connectivity index is 1.94.